The summed E-state index contributed by atoms with van der Waals surface area (Å²) in [6.07, 6.45) is 6.55. The van der Waals surface area contributed by atoms with Gasteiger partial charge in [-0.15, -0.1) is 0 Å². The average molecular weight is 400 g/mol. The number of likely N-dealkylation sites (tertiary alicyclic amines) is 2. The van der Waals surface area contributed by atoms with Gasteiger partial charge in [-0.1, -0.05) is 43.7 Å². The van der Waals surface area contributed by atoms with Gasteiger partial charge in [0.25, 0.3) is 0 Å². The van der Waals surface area contributed by atoms with Crippen LogP contribution in [0.3, 0.4) is 0 Å². The molecule has 5 heteroatoms. The third-order valence-electron chi connectivity index (χ3n) is 7.19. The number of nitrogens with zero attached hydrogens (tertiary/aromatic N) is 3. The Morgan fingerprint density at radius 2 is 1.69 bits per heavy atom. The molecule has 2 saturated heterocycles. The molecule has 0 saturated carbocycles. The van der Waals surface area contributed by atoms with Crippen LogP contribution >= 0.6 is 0 Å². The zero-order chi connectivity index (χ0) is 20.7. The van der Waals surface area contributed by atoms with Crippen molar-refractivity contribution in [1.29, 1.82) is 0 Å². The molecule has 2 N–H and O–H groups in total. The molecule has 2 aliphatic rings. The fourth-order valence-corrected chi connectivity index (χ4v) is 4.84. The molecule has 2 heterocycles. The maximum Gasteiger partial charge on any atom is 0.191 e. The molecule has 0 spiro atoms. The van der Waals surface area contributed by atoms with Crippen molar-refractivity contribution in [2.24, 2.45) is 4.99 Å². The Kier molecular flexibility index (Phi) is 7.96. The van der Waals surface area contributed by atoms with E-state index in [4.69, 9.17) is 0 Å². The first kappa shape index (κ1) is 22.1. The Hall–Kier alpha value is -1.59. The van der Waals surface area contributed by atoms with Gasteiger partial charge in [0.15, 0.2) is 5.96 Å². The van der Waals surface area contributed by atoms with E-state index in [0.29, 0.717) is 12.0 Å². The maximum absolute atomic E-state index is 4.55. The first-order chi connectivity index (χ1) is 14.0. The first-order valence-corrected chi connectivity index (χ1v) is 11.5. The van der Waals surface area contributed by atoms with Crippen LogP contribution in [0.2, 0.25) is 0 Å². The summed E-state index contributed by atoms with van der Waals surface area (Å²) in [5.41, 5.74) is 1.63. The Bertz CT molecular complexity index is 630. The van der Waals surface area contributed by atoms with Crippen LogP contribution in [0.1, 0.15) is 57.4 Å². The third kappa shape index (κ3) is 5.73. The molecule has 0 amide bonds. The molecule has 1 aromatic rings. The number of rotatable bonds is 6. The molecule has 0 bridgehead atoms. The smallest absolute Gasteiger partial charge is 0.191 e. The summed E-state index contributed by atoms with van der Waals surface area (Å²) in [4.78, 5) is 9.79. The van der Waals surface area contributed by atoms with E-state index >= 15 is 0 Å². The van der Waals surface area contributed by atoms with Crippen LogP contribution in [-0.4, -0.2) is 74.2 Å². The molecule has 0 aliphatic carbocycles. The fraction of sp³-hybridized carbons (Fsp3) is 0.708. The van der Waals surface area contributed by atoms with E-state index in [-0.39, 0.29) is 5.54 Å². The normalized spacial score (nSPS) is 23.4. The number of aliphatic imine (C=N–C) groups is 1. The average Bonchev–Trinajstić information content (AvgIpc) is 2.78. The predicted octanol–water partition coefficient (Wildman–Crippen LogP) is 3.29. The summed E-state index contributed by atoms with van der Waals surface area (Å²) in [5.74, 6) is 1.35. The summed E-state index contributed by atoms with van der Waals surface area (Å²) >= 11 is 0. The Labute approximate surface area is 178 Å². The molecule has 2 aliphatic heterocycles. The molecule has 2 unspecified atom stereocenters. The second kappa shape index (κ2) is 10.4. The molecule has 2 fully saturated rings. The van der Waals surface area contributed by atoms with Crippen molar-refractivity contribution in [2.45, 2.75) is 63.5 Å². The predicted molar refractivity (Wildman–Crippen MR) is 124 cm³/mol. The summed E-state index contributed by atoms with van der Waals surface area (Å²) in [6, 6.07) is 11.1. The number of nitrogens with one attached hydrogen (secondary N) is 2. The van der Waals surface area contributed by atoms with Crippen LogP contribution in [-0.2, 0) is 0 Å². The number of piperidine rings is 2. The molecule has 0 radical (unpaired) electrons. The van der Waals surface area contributed by atoms with E-state index in [1.54, 1.807) is 0 Å². The molecule has 1 aromatic carbocycles. The van der Waals surface area contributed by atoms with Gasteiger partial charge in [-0.3, -0.25) is 9.89 Å². The van der Waals surface area contributed by atoms with Gasteiger partial charge in [0, 0.05) is 31.1 Å². The Morgan fingerprint density at radius 1 is 1.03 bits per heavy atom. The van der Waals surface area contributed by atoms with E-state index in [9.17, 15) is 0 Å². The molecular formula is C24H41N5. The number of benzene rings is 1. The van der Waals surface area contributed by atoms with Crippen molar-refractivity contribution in [3.63, 3.8) is 0 Å². The van der Waals surface area contributed by atoms with Gasteiger partial charge in [-0.2, -0.15) is 0 Å². The maximum atomic E-state index is 4.55. The molecule has 162 valence electrons. The van der Waals surface area contributed by atoms with Crippen molar-refractivity contribution in [1.82, 2.24) is 20.4 Å². The van der Waals surface area contributed by atoms with E-state index in [0.717, 1.165) is 12.5 Å². The monoisotopic (exact) mass is 399 g/mol. The summed E-state index contributed by atoms with van der Waals surface area (Å²) in [5, 5.41) is 7.35. The third-order valence-corrected chi connectivity index (χ3v) is 7.19. The molecule has 3 rings (SSSR count). The van der Waals surface area contributed by atoms with Crippen molar-refractivity contribution < 1.29 is 0 Å². The number of guanidine groups is 1. The lowest BCUT2D eigenvalue weighted by atomic mass is 9.84. The molecule has 2 atom stereocenters. The van der Waals surface area contributed by atoms with Gasteiger partial charge in [0.05, 0.1) is 0 Å². The molecule has 0 aromatic heterocycles. The highest BCUT2D eigenvalue weighted by Crippen LogP contribution is 2.31. The van der Waals surface area contributed by atoms with Crippen LogP contribution in [0, 0.1) is 0 Å². The van der Waals surface area contributed by atoms with Crippen LogP contribution in [0.25, 0.3) is 0 Å². The van der Waals surface area contributed by atoms with Crippen LogP contribution in [0.5, 0.6) is 0 Å². The zero-order valence-electron chi connectivity index (χ0n) is 19.0. The van der Waals surface area contributed by atoms with Crippen molar-refractivity contribution >= 4 is 5.96 Å². The van der Waals surface area contributed by atoms with Gasteiger partial charge < -0.3 is 15.5 Å². The van der Waals surface area contributed by atoms with Gasteiger partial charge >= 0.3 is 0 Å². The minimum atomic E-state index is 0.263. The van der Waals surface area contributed by atoms with Crippen molar-refractivity contribution in [3.05, 3.63) is 35.9 Å². The second-order valence-corrected chi connectivity index (χ2v) is 9.13. The number of hydrogen-bond acceptors (Lipinski definition) is 3. The van der Waals surface area contributed by atoms with E-state index in [2.05, 4.69) is 76.7 Å². The SMILES string of the molecule is CN=C(NCC1(N2CCCCC2)CCN(C)CC1)NC(C)C(C)c1ccccc1. The highest BCUT2D eigenvalue weighted by Gasteiger charge is 2.39. The molecule has 29 heavy (non-hydrogen) atoms. The highest BCUT2D eigenvalue weighted by molar-refractivity contribution is 5.80. The zero-order valence-corrected chi connectivity index (χ0v) is 19.0. The first-order valence-electron chi connectivity index (χ1n) is 11.5. The van der Waals surface area contributed by atoms with Gasteiger partial charge in [0.2, 0.25) is 0 Å². The topological polar surface area (TPSA) is 42.9 Å². The van der Waals surface area contributed by atoms with Crippen LogP contribution < -0.4 is 10.6 Å². The second-order valence-electron chi connectivity index (χ2n) is 9.13. The highest BCUT2D eigenvalue weighted by atomic mass is 15.3. The van der Waals surface area contributed by atoms with Gasteiger partial charge in [0.1, 0.15) is 0 Å². The lowest BCUT2D eigenvalue weighted by Crippen LogP contribution is -2.62. The lowest BCUT2D eigenvalue weighted by molar-refractivity contribution is 0.0173. The molecular weight excluding hydrogens is 358 g/mol. The van der Waals surface area contributed by atoms with Crippen LogP contribution in [0.4, 0.5) is 0 Å². The van der Waals surface area contributed by atoms with Gasteiger partial charge in [-0.25, -0.2) is 0 Å². The fourth-order valence-electron chi connectivity index (χ4n) is 4.84. The van der Waals surface area contributed by atoms with E-state index in [1.807, 2.05) is 7.05 Å². The summed E-state index contributed by atoms with van der Waals surface area (Å²) in [7, 11) is 4.14. The lowest BCUT2D eigenvalue weighted by Gasteiger charge is -2.50. The number of hydrogen-bond donors (Lipinski definition) is 2. The van der Waals surface area contributed by atoms with E-state index in [1.165, 1.54) is 63.8 Å². The Balaban J connectivity index is 1.61. The standard InChI is InChI=1S/C24H41N5/c1-20(22-11-7-5-8-12-22)21(2)27-23(25-3)26-19-24(13-17-28(4)18-14-24)29-15-9-6-10-16-29/h5,7-8,11-12,20-21H,6,9-10,13-19H2,1-4H3,(H2,25,26,27). The minimum Gasteiger partial charge on any atom is -0.355 e. The Morgan fingerprint density at radius 3 is 2.31 bits per heavy atom. The van der Waals surface area contributed by atoms with Crippen LogP contribution in [0.15, 0.2) is 35.3 Å². The summed E-state index contributed by atoms with van der Waals surface area (Å²) < 4.78 is 0. The van der Waals surface area contributed by atoms with Crippen molar-refractivity contribution in [2.75, 3.05) is 46.8 Å². The quantitative estimate of drug-likeness (QED) is 0.569. The summed E-state index contributed by atoms with van der Waals surface area (Å²) in [6.45, 7) is 10.4. The molecule has 5 nitrogen and oxygen atoms in total. The van der Waals surface area contributed by atoms with Crippen molar-refractivity contribution in [3.8, 4) is 0 Å². The minimum absolute atomic E-state index is 0.263. The van der Waals surface area contributed by atoms with E-state index < -0.39 is 0 Å². The largest absolute Gasteiger partial charge is 0.355 e. The van der Waals surface area contributed by atoms with Gasteiger partial charge in [-0.05, 0) is 71.4 Å².